The standard InChI is InChI=1S/C15H21N3O/c1-11(2)10-17-15(19)12(3)18(4)14-7-5-6-13(8-14)9-16/h5-8,11-12H,10H2,1-4H3,(H,17,19). The number of carbonyl (C=O) groups excluding carboxylic acids is 1. The minimum Gasteiger partial charge on any atom is -0.363 e. The number of nitrogens with one attached hydrogen (secondary N) is 1. The van der Waals surface area contributed by atoms with E-state index in [2.05, 4.69) is 25.2 Å². The maximum Gasteiger partial charge on any atom is 0.242 e. The number of nitriles is 1. The number of anilines is 1. The van der Waals surface area contributed by atoms with E-state index in [1.807, 2.05) is 31.0 Å². The molecule has 0 aliphatic heterocycles. The SMILES string of the molecule is CC(C)CNC(=O)C(C)N(C)c1cccc(C#N)c1. The summed E-state index contributed by atoms with van der Waals surface area (Å²) in [6.07, 6.45) is 0. The van der Waals surface area contributed by atoms with E-state index < -0.39 is 0 Å². The van der Waals surface area contributed by atoms with Crippen molar-refractivity contribution in [1.29, 1.82) is 5.26 Å². The molecule has 19 heavy (non-hydrogen) atoms. The highest BCUT2D eigenvalue weighted by molar-refractivity contribution is 5.84. The van der Waals surface area contributed by atoms with Crippen molar-refractivity contribution in [2.45, 2.75) is 26.8 Å². The molecule has 0 radical (unpaired) electrons. The summed E-state index contributed by atoms with van der Waals surface area (Å²) in [5, 5.41) is 11.8. The van der Waals surface area contributed by atoms with Crippen LogP contribution in [-0.2, 0) is 4.79 Å². The van der Waals surface area contributed by atoms with Gasteiger partial charge < -0.3 is 10.2 Å². The van der Waals surface area contributed by atoms with Crippen LogP contribution in [0.2, 0.25) is 0 Å². The number of nitrogens with zero attached hydrogens (tertiary/aromatic N) is 2. The van der Waals surface area contributed by atoms with Crippen molar-refractivity contribution < 1.29 is 4.79 Å². The Morgan fingerprint density at radius 1 is 1.42 bits per heavy atom. The largest absolute Gasteiger partial charge is 0.363 e. The molecular formula is C15H21N3O. The molecule has 0 heterocycles. The summed E-state index contributed by atoms with van der Waals surface area (Å²) in [4.78, 5) is 13.9. The lowest BCUT2D eigenvalue weighted by Crippen LogP contribution is -2.44. The van der Waals surface area contributed by atoms with Crippen LogP contribution < -0.4 is 10.2 Å². The first kappa shape index (κ1) is 15.0. The Labute approximate surface area is 115 Å². The molecule has 0 spiro atoms. The molecule has 102 valence electrons. The van der Waals surface area contributed by atoms with E-state index in [1.54, 1.807) is 12.1 Å². The van der Waals surface area contributed by atoms with Gasteiger partial charge in [0.15, 0.2) is 0 Å². The number of hydrogen-bond donors (Lipinski definition) is 1. The van der Waals surface area contributed by atoms with Crippen molar-refractivity contribution in [1.82, 2.24) is 5.32 Å². The maximum atomic E-state index is 12.0. The van der Waals surface area contributed by atoms with Gasteiger partial charge in [-0.15, -0.1) is 0 Å². The smallest absolute Gasteiger partial charge is 0.242 e. The lowest BCUT2D eigenvalue weighted by molar-refractivity contribution is -0.122. The Balaban J connectivity index is 2.73. The van der Waals surface area contributed by atoms with Gasteiger partial charge in [-0.05, 0) is 31.0 Å². The molecule has 0 bridgehead atoms. The van der Waals surface area contributed by atoms with Gasteiger partial charge in [0.1, 0.15) is 6.04 Å². The Morgan fingerprint density at radius 2 is 2.11 bits per heavy atom. The van der Waals surface area contributed by atoms with Gasteiger partial charge >= 0.3 is 0 Å². The van der Waals surface area contributed by atoms with E-state index in [1.165, 1.54) is 0 Å². The molecule has 1 aromatic carbocycles. The van der Waals surface area contributed by atoms with Crippen LogP contribution >= 0.6 is 0 Å². The van der Waals surface area contributed by atoms with Crippen molar-refractivity contribution in [2.75, 3.05) is 18.5 Å². The first-order valence-corrected chi connectivity index (χ1v) is 6.46. The van der Waals surface area contributed by atoms with Gasteiger partial charge in [-0.3, -0.25) is 4.79 Å². The number of carbonyl (C=O) groups is 1. The van der Waals surface area contributed by atoms with Gasteiger partial charge in [0, 0.05) is 19.3 Å². The van der Waals surface area contributed by atoms with Crippen molar-refractivity contribution in [3.8, 4) is 6.07 Å². The number of benzene rings is 1. The Hall–Kier alpha value is -2.02. The average molecular weight is 259 g/mol. The first-order valence-electron chi connectivity index (χ1n) is 6.46. The van der Waals surface area contributed by atoms with E-state index in [4.69, 9.17) is 5.26 Å². The Morgan fingerprint density at radius 3 is 2.68 bits per heavy atom. The lowest BCUT2D eigenvalue weighted by atomic mass is 10.1. The predicted molar refractivity (Wildman–Crippen MR) is 76.9 cm³/mol. The molecular weight excluding hydrogens is 238 g/mol. The number of likely N-dealkylation sites (N-methyl/N-ethyl adjacent to an activating group) is 1. The number of rotatable bonds is 5. The third-order valence-electron chi connectivity index (χ3n) is 3.03. The van der Waals surface area contributed by atoms with Gasteiger partial charge in [0.25, 0.3) is 0 Å². The summed E-state index contributed by atoms with van der Waals surface area (Å²) in [5.74, 6) is 0.432. The summed E-state index contributed by atoms with van der Waals surface area (Å²) in [6, 6.07) is 9.09. The minimum absolute atomic E-state index is 0.00133. The lowest BCUT2D eigenvalue weighted by Gasteiger charge is -2.26. The highest BCUT2D eigenvalue weighted by atomic mass is 16.2. The van der Waals surface area contributed by atoms with Gasteiger partial charge in [-0.1, -0.05) is 19.9 Å². The molecule has 0 saturated heterocycles. The summed E-state index contributed by atoms with van der Waals surface area (Å²) < 4.78 is 0. The van der Waals surface area contributed by atoms with E-state index in [9.17, 15) is 4.79 Å². The van der Waals surface area contributed by atoms with Crippen molar-refractivity contribution in [3.05, 3.63) is 29.8 Å². The molecule has 1 atom stereocenters. The number of amides is 1. The van der Waals surface area contributed by atoms with E-state index in [0.717, 1.165) is 5.69 Å². The van der Waals surface area contributed by atoms with Crippen LogP contribution in [0.1, 0.15) is 26.3 Å². The van der Waals surface area contributed by atoms with Gasteiger partial charge in [0.2, 0.25) is 5.91 Å². The van der Waals surface area contributed by atoms with Gasteiger partial charge in [-0.2, -0.15) is 5.26 Å². The average Bonchev–Trinajstić information content (AvgIpc) is 2.43. The monoisotopic (exact) mass is 259 g/mol. The minimum atomic E-state index is -0.271. The molecule has 0 saturated carbocycles. The molecule has 1 amide bonds. The maximum absolute atomic E-state index is 12.0. The zero-order valence-electron chi connectivity index (χ0n) is 12.0. The van der Waals surface area contributed by atoms with Crippen LogP contribution in [0, 0.1) is 17.2 Å². The molecule has 4 heteroatoms. The number of hydrogen-bond acceptors (Lipinski definition) is 3. The van der Waals surface area contributed by atoms with Crippen LogP contribution in [0.3, 0.4) is 0 Å². The molecule has 1 aromatic rings. The Kier molecular flexibility index (Phi) is 5.37. The first-order chi connectivity index (χ1) is 8.95. The third-order valence-corrected chi connectivity index (χ3v) is 3.03. The van der Waals surface area contributed by atoms with Crippen LogP contribution in [-0.4, -0.2) is 25.5 Å². The summed E-state index contributed by atoms with van der Waals surface area (Å²) >= 11 is 0. The fourth-order valence-electron chi connectivity index (χ4n) is 1.65. The quantitative estimate of drug-likeness (QED) is 0.881. The van der Waals surface area contributed by atoms with Gasteiger partial charge in [-0.25, -0.2) is 0 Å². The zero-order chi connectivity index (χ0) is 14.4. The topological polar surface area (TPSA) is 56.1 Å². The summed E-state index contributed by atoms with van der Waals surface area (Å²) in [6.45, 7) is 6.65. The second-order valence-corrected chi connectivity index (χ2v) is 5.09. The van der Waals surface area contributed by atoms with Crippen molar-refractivity contribution in [3.63, 3.8) is 0 Å². The second kappa shape index (κ2) is 6.79. The van der Waals surface area contributed by atoms with E-state index in [0.29, 0.717) is 18.0 Å². The normalized spacial score (nSPS) is 11.8. The molecule has 1 rings (SSSR count). The molecule has 0 aliphatic carbocycles. The van der Waals surface area contributed by atoms with E-state index in [-0.39, 0.29) is 11.9 Å². The van der Waals surface area contributed by atoms with Crippen molar-refractivity contribution >= 4 is 11.6 Å². The third kappa shape index (κ3) is 4.29. The van der Waals surface area contributed by atoms with Gasteiger partial charge in [0.05, 0.1) is 11.6 Å². The highest BCUT2D eigenvalue weighted by Crippen LogP contribution is 2.16. The van der Waals surface area contributed by atoms with Crippen LogP contribution in [0.5, 0.6) is 0 Å². The van der Waals surface area contributed by atoms with E-state index >= 15 is 0 Å². The summed E-state index contributed by atoms with van der Waals surface area (Å²) in [5.41, 5.74) is 1.46. The second-order valence-electron chi connectivity index (χ2n) is 5.09. The van der Waals surface area contributed by atoms with Crippen LogP contribution in [0.4, 0.5) is 5.69 Å². The summed E-state index contributed by atoms with van der Waals surface area (Å²) in [7, 11) is 1.86. The molecule has 0 fully saturated rings. The molecule has 1 N–H and O–H groups in total. The van der Waals surface area contributed by atoms with Crippen molar-refractivity contribution in [2.24, 2.45) is 5.92 Å². The molecule has 0 aromatic heterocycles. The molecule has 1 unspecified atom stereocenters. The fraction of sp³-hybridized carbons (Fsp3) is 0.467. The molecule has 0 aliphatic rings. The van der Waals surface area contributed by atoms with Crippen LogP contribution in [0.25, 0.3) is 0 Å². The zero-order valence-corrected chi connectivity index (χ0v) is 12.0. The fourth-order valence-corrected chi connectivity index (χ4v) is 1.65. The highest BCUT2D eigenvalue weighted by Gasteiger charge is 2.18. The molecule has 4 nitrogen and oxygen atoms in total. The predicted octanol–water partition coefficient (Wildman–Crippen LogP) is 2.16. The Bertz CT molecular complexity index is 477. The van der Waals surface area contributed by atoms with Crippen LogP contribution in [0.15, 0.2) is 24.3 Å².